The summed E-state index contributed by atoms with van der Waals surface area (Å²) < 4.78 is 40.0. The van der Waals surface area contributed by atoms with Crippen molar-refractivity contribution in [1.82, 2.24) is 15.0 Å². The number of hydrogen-bond acceptors (Lipinski definition) is 5. The van der Waals surface area contributed by atoms with E-state index in [0.717, 1.165) is 16.5 Å². The van der Waals surface area contributed by atoms with Crippen LogP contribution in [-0.2, 0) is 6.54 Å². The first kappa shape index (κ1) is 19.4. The highest BCUT2D eigenvalue weighted by Gasteiger charge is 2.71. The summed E-state index contributed by atoms with van der Waals surface area (Å²) in [4.78, 5) is 14.6. The van der Waals surface area contributed by atoms with Gasteiger partial charge in [0.1, 0.15) is 5.82 Å². The zero-order valence-corrected chi connectivity index (χ0v) is 16.2. The van der Waals surface area contributed by atoms with E-state index in [1.54, 1.807) is 6.07 Å². The molecule has 0 spiro atoms. The minimum absolute atomic E-state index is 0.306. The van der Waals surface area contributed by atoms with E-state index < -0.39 is 23.7 Å². The number of pyridine rings is 1. The lowest BCUT2D eigenvalue weighted by atomic mass is 10.2. The summed E-state index contributed by atoms with van der Waals surface area (Å²) in [6.45, 7) is 4.99. The van der Waals surface area contributed by atoms with E-state index in [0.29, 0.717) is 31.4 Å². The maximum absolute atomic E-state index is 13.6. The number of nitrogens with one attached hydrogen (secondary N) is 1. The third kappa shape index (κ3) is 3.59. The smallest absolute Gasteiger partial charge is 0.258 e. The molecule has 152 valence electrons. The van der Waals surface area contributed by atoms with Crippen LogP contribution in [0.15, 0.2) is 42.6 Å². The van der Waals surface area contributed by atoms with Crippen LogP contribution in [0.3, 0.4) is 0 Å². The van der Waals surface area contributed by atoms with Crippen molar-refractivity contribution in [3.05, 3.63) is 54.1 Å². The zero-order valence-electron chi connectivity index (χ0n) is 16.2. The van der Waals surface area contributed by atoms with Gasteiger partial charge in [-0.15, -0.1) is 0 Å². The third-order valence-electron chi connectivity index (χ3n) is 5.32. The Kier molecular flexibility index (Phi) is 5.02. The molecule has 2 atom stereocenters. The van der Waals surface area contributed by atoms with Crippen LogP contribution in [0.25, 0.3) is 10.9 Å². The number of halogens is 3. The summed E-state index contributed by atoms with van der Waals surface area (Å²) >= 11 is 0. The van der Waals surface area contributed by atoms with Crippen LogP contribution in [0.1, 0.15) is 19.4 Å². The lowest BCUT2D eigenvalue weighted by Gasteiger charge is -2.23. The van der Waals surface area contributed by atoms with E-state index in [1.165, 1.54) is 12.3 Å². The minimum Gasteiger partial charge on any atom is -0.355 e. The molecule has 5 nitrogen and oxygen atoms in total. The Morgan fingerprint density at radius 1 is 1.07 bits per heavy atom. The number of rotatable bonds is 4. The highest BCUT2D eigenvalue weighted by atomic mass is 19.3. The highest BCUT2D eigenvalue weighted by molar-refractivity contribution is 5.90. The van der Waals surface area contributed by atoms with E-state index >= 15 is 0 Å². The van der Waals surface area contributed by atoms with Gasteiger partial charge >= 0.3 is 0 Å². The standard InChI is InChI=1S/C19H16F3N5.C2H6/c20-16-6-5-11(7-23-16)8-24-18-25-15-4-2-1-3-12(15)17(26-18)27-9-13-14(10-27)19(13,21)22;1-2/h1-7,13-14H,8-10H2,(H,24,25,26);1-2H3. The molecule has 1 aliphatic carbocycles. The van der Waals surface area contributed by atoms with Crippen LogP contribution in [0.4, 0.5) is 24.9 Å². The first-order chi connectivity index (χ1) is 14.0. The SMILES string of the molecule is CC.Fc1ccc(CNc2nc(N3CC4C(C3)C4(F)F)c3ccccc3n2)cn1. The molecule has 1 saturated heterocycles. The lowest BCUT2D eigenvalue weighted by molar-refractivity contribution is 0.0797. The lowest BCUT2D eigenvalue weighted by Crippen LogP contribution is -2.28. The van der Waals surface area contributed by atoms with Crippen molar-refractivity contribution in [2.24, 2.45) is 11.8 Å². The second kappa shape index (κ2) is 7.50. The molecule has 1 aliphatic heterocycles. The summed E-state index contributed by atoms with van der Waals surface area (Å²) in [6, 6.07) is 10.5. The van der Waals surface area contributed by atoms with Crippen LogP contribution in [0, 0.1) is 17.8 Å². The van der Waals surface area contributed by atoms with E-state index in [9.17, 15) is 13.2 Å². The number of benzene rings is 1. The van der Waals surface area contributed by atoms with Gasteiger partial charge < -0.3 is 10.2 Å². The van der Waals surface area contributed by atoms with Crippen molar-refractivity contribution in [1.29, 1.82) is 0 Å². The average molecular weight is 401 g/mol. The molecule has 0 bridgehead atoms. The number of nitrogens with zero attached hydrogens (tertiary/aromatic N) is 4. The van der Waals surface area contributed by atoms with Crippen molar-refractivity contribution in [2.75, 3.05) is 23.3 Å². The van der Waals surface area contributed by atoms with Crippen molar-refractivity contribution in [3.8, 4) is 0 Å². The first-order valence-corrected chi connectivity index (χ1v) is 9.76. The van der Waals surface area contributed by atoms with Gasteiger partial charge in [0.25, 0.3) is 5.92 Å². The fourth-order valence-electron chi connectivity index (χ4n) is 3.75. The molecule has 3 heterocycles. The van der Waals surface area contributed by atoms with E-state index in [1.807, 2.05) is 43.0 Å². The Morgan fingerprint density at radius 3 is 2.48 bits per heavy atom. The van der Waals surface area contributed by atoms with Crippen molar-refractivity contribution < 1.29 is 13.2 Å². The van der Waals surface area contributed by atoms with Crippen LogP contribution in [0.2, 0.25) is 0 Å². The molecule has 0 radical (unpaired) electrons. The van der Waals surface area contributed by atoms with E-state index in [-0.39, 0.29) is 0 Å². The van der Waals surface area contributed by atoms with Crippen LogP contribution < -0.4 is 10.2 Å². The molecule has 0 amide bonds. The van der Waals surface area contributed by atoms with Crippen LogP contribution in [0.5, 0.6) is 0 Å². The van der Waals surface area contributed by atoms with Gasteiger partial charge in [0.05, 0.1) is 17.4 Å². The molecule has 3 aromatic rings. The Hall–Kier alpha value is -2.90. The maximum Gasteiger partial charge on any atom is 0.258 e. The molecule has 1 aromatic carbocycles. The quantitative estimate of drug-likeness (QED) is 0.652. The van der Waals surface area contributed by atoms with E-state index in [4.69, 9.17) is 0 Å². The van der Waals surface area contributed by atoms with Gasteiger partial charge in [-0.25, -0.2) is 18.7 Å². The molecule has 2 aliphatic rings. The molecular weight excluding hydrogens is 379 g/mol. The average Bonchev–Trinajstić information content (AvgIpc) is 3.09. The van der Waals surface area contributed by atoms with Gasteiger partial charge in [-0.3, -0.25) is 0 Å². The Morgan fingerprint density at radius 2 is 1.79 bits per heavy atom. The summed E-state index contributed by atoms with van der Waals surface area (Å²) in [5.74, 6) is -3.15. The van der Waals surface area contributed by atoms with Crippen molar-refractivity contribution in [2.45, 2.75) is 26.3 Å². The molecule has 2 fully saturated rings. The third-order valence-corrected chi connectivity index (χ3v) is 5.32. The Bertz CT molecular complexity index is 995. The second-order valence-corrected chi connectivity index (χ2v) is 7.02. The summed E-state index contributed by atoms with van der Waals surface area (Å²) in [5, 5.41) is 3.96. The fraction of sp³-hybridized carbons (Fsp3) is 0.381. The summed E-state index contributed by atoms with van der Waals surface area (Å²) in [5.41, 5.74) is 1.53. The van der Waals surface area contributed by atoms with Gasteiger partial charge in [-0.05, 0) is 23.8 Å². The van der Waals surface area contributed by atoms with Gasteiger partial charge in [-0.2, -0.15) is 9.37 Å². The number of aromatic nitrogens is 3. The van der Waals surface area contributed by atoms with Crippen LogP contribution >= 0.6 is 0 Å². The molecule has 5 rings (SSSR count). The molecule has 29 heavy (non-hydrogen) atoms. The molecule has 2 aromatic heterocycles. The highest BCUT2D eigenvalue weighted by Crippen LogP contribution is 2.59. The minimum atomic E-state index is -2.53. The molecule has 1 saturated carbocycles. The predicted molar refractivity (Wildman–Crippen MR) is 107 cm³/mol. The van der Waals surface area contributed by atoms with Crippen LogP contribution in [-0.4, -0.2) is 34.0 Å². The number of para-hydroxylation sites is 1. The number of piperidine rings is 1. The van der Waals surface area contributed by atoms with Crippen molar-refractivity contribution >= 4 is 22.7 Å². The molecule has 1 N–H and O–H groups in total. The van der Waals surface area contributed by atoms with Gasteiger partial charge in [0.2, 0.25) is 11.9 Å². The Balaban J connectivity index is 0.000000994. The number of fused-ring (bicyclic) bond motifs is 2. The zero-order chi connectivity index (χ0) is 20.6. The Labute approximate surface area is 167 Å². The second-order valence-electron chi connectivity index (χ2n) is 7.02. The molecular formula is C21H22F3N5. The first-order valence-electron chi connectivity index (χ1n) is 9.76. The monoisotopic (exact) mass is 401 g/mol. The fourth-order valence-corrected chi connectivity index (χ4v) is 3.75. The van der Waals surface area contributed by atoms with Crippen molar-refractivity contribution in [3.63, 3.8) is 0 Å². The maximum atomic E-state index is 13.6. The summed E-state index contributed by atoms with van der Waals surface area (Å²) in [6.07, 6.45) is 1.44. The van der Waals surface area contributed by atoms with Gasteiger partial charge in [-0.1, -0.05) is 32.0 Å². The largest absolute Gasteiger partial charge is 0.355 e. The topological polar surface area (TPSA) is 53.9 Å². The number of alkyl halides is 2. The normalized spacial score (nSPS) is 21.3. The number of hydrogen-bond donors (Lipinski definition) is 1. The van der Waals surface area contributed by atoms with E-state index in [2.05, 4.69) is 20.3 Å². The number of anilines is 2. The van der Waals surface area contributed by atoms with Gasteiger partial charge in [0.15, 0.2) is 0 Å². The predicted octanol–water partition coefficient (Wildman–Crippen LogP) is 4.50. The molecule has 8 heteroatoms. The van der Waals surface area contributed by atoms with Gasteiger partial charge in [0, 0.05) is 31.2 Å². The summed E-state index contributed by atoms with van der Waals surface area (Å²) in [7, 11) is 0. The molecule has 2 unspecified atom stereocenters.